The summed E-state index contributed by atoms with van der Waals surface area (Å²) in [4.78, 5) is 34.1. The largest absolute Gasteiger partial charge is 0.467 e. The Labute approximate surface area is 152 Å². The lowest BCUT2D eigenvalue weighted by molar-refractivity contribution is -0.385. The predicted octanol–water partition coefficient (Wildman–Crippen LogP) is 1.36. The van der Waals surface area contributed by atoms with E-state index in [0.29, 0.717) is 11.5 Å². The van der Waals surface area contributed by atoms with E-state index in [1.807, 2.05) is 0 Å². The average Bonchev–Trinajstić information content (AvgIpc) is 3.33. The fraction of sp³-hybridized carbons (Fsp3) is 0.176. The molecule has 2 N–H and O–H groups in total. The number of carbonyl (C=O) groups is 2. The van der Waals surface area contributed by atoms with Crippen LogP contribution in [0.4, 0.5) is 5.69 Å². The van der Waals surface area contributed by atoms with Crippen LogP contribution in [0.2, 0.25) is 0 Å². The summed E-state index contributed by atoms with van der Waals surface area (Å²) in [6.45, 7) is -0.0543. The lowest BCUT2D eigenvalue weighted by Crippen LogP contribution is -2.35. The number of hydrogen-bond donors (Lipinski definition) is 2. The van der Waals surface area contributed by atoms with Crippen LogP contribution in [-0.4, -0.2) is 30.1 Å². The van der Waals surface area contributed by atoms with Gasteiger partial charge in [0.05, 0.1) is 35.9 Å². The zero-order chi connectivity index (χ0) is 19.2. The highest BCUT2D eigenvalue weighted by molar-refractivity contribution is 5.94. The molecule has 0 saturated heterocycles. The first-order valence-electron chi connectivity index (χ1n) is 7.86. The Kier molecular flexibility index (Phi) is 5.36. The van der Waals surface area contributed by atoms with Gasteiger partial charge >= 0.3 is 0 Å². The van der Waals surface area contributed by atoms with Crippen LogP contribution in [-0.2, 0) is 16.1 Å². The zero-order valence-electron chi connectivity index (χ0n) is 14.0. The van der Waals surface area contributed by atoms with Gasteiger partial charge in [-0.15, -0.1) is 0 Å². The van der Waals surface area contributed by atoms with Gasteiger partial charge in [-0.25, -0.2) is 0 Å². The number of nitro benzene ring substituents is 1. The zero-order valence-corrected chi connectivity index (χ0v) is 14.0. The van der Waals surface area contributed by atoms with Crippen LogP contribution in [0.5, 0.6) is 11.5 Å². The highest BCUT2D eigenvalue weighted by Gasteiger charge is 2.22. The second kappa shape index (κ2) is 8.04. The van der Waals surface area contributed by atoms with Gasteiger partial charge in [0.2, 0.25) is 18.6 Å². The van der Waals surface area contributed by atoms with Crippen LogP contribution < -0.4 is 20.1 Å². The molecule has 0 saturated carbocycles. The summed E-state index contributed by atoms with van der Waals surface area (Å²) < 4.78 is 15.4. The van der Waals surface area contributed by atoms with Gasteiger partial charge in [-0.3, -0.25) is 19.7 Å². The number of nitrogens with one attached hydrogen (secondary N) is 2. The molecule has 2 heterocycles. The third kappa shape index (κ3) is 4.63. The minimum atomic E-state index is -0.582. The van der Waals surface area contributed by atoms with E-state index < -0.39 is 16.7 Å². The standard InChI is InChI=1S/C17H15N3O7/c21-16(19-9-17(22)18-8-12-2-1-5-25-12)4-3-11-6-14-15(27-10-26-14)7-13(11)20(23)24/h1-7H,8-10H2,(H,18,22)(H,19,21)/b4-3+. The fourth-order valence-electron chi connectivity index (χ4n) is 2.29. The van der Waals surface area contributed by atoms with E-state index in [-0.39, 0.29) is 36.9 Å². The van der Waals surface area contributed by atoms with E-state index in [9.17, 15) is 19.7 Å². The second-order valence-electron chi connectivity index (χ2n) is 5.43. The predicted molar refractivity (Wildman–Crippen MR) is 91.8 cm³/mol. The van der Waals surface area contributed by atoms with Crippen molar-refractivity contribution in [1.82, 2.24) is 10.6 Å². The van der Waals surface area contributed by atoms with Crippen LogP contribution >= 0.6 is 0 Å². The number of ether oxygens (including phenoxy) is 2. The first kappa shape index (κ1) is 18.0. The quantitative estimate of drug-likeness (QED) is 0.425. The van der Waals surface area contributed by atoms with E-state index in [0.717, 1.165) is 6.08 Å². The normalized spacial score (nSPS) is 12.1. The van der Waals surface area contributed by atoms with E-state index in [1.54, 1.807) is 12.1 Å². The monoisotopic (exact) mass is 373 g/mol. The molecule has 0 radical (unpaired) electrons. The highest BCUT2D eigenvalue weighted by Crippen LogP contribution is 2.38. The van der Waals surface area contributed by atoms with Crippen molar-refractivity contribution < 1.29 is 28.4 Å². The van der Waals surface area contributed by atoms with Crippen molar-refractivity contribution in [3.63, 3.8) is 0 Å². The van der Waals surface area contributed by atoms with Crippen molar-refractivity contribution in [3.8, 4) is 11.5 Å². The van der Waals surface area contributed by atoms with Crippen molar-refractivity contribution in [1.29, 1.82) is 0 Å². The van der Waals surface area contributed by atoms with Crippen molar-refractivity contribution in [2.24, 2.45) is 0 Å². The van der Waals surface area contributed by atoms with E-state index in [2.05, 4.69) is 10.6 Å². The Morgan fingerprint density at radius 3 is 2.70 bits per heavy atom. The maximum atomic E-state index is 11.8. The molecule has 10 nitrogen and oxygen atoms in total. The molecule has 140 valence electrons. The van der Waals surface area contributed by atoms with Crippen LogP contribution in [0.1, 0.15) is 11.3 Å². The first-order valence-corrected chi connectivity index (χ1v) is 7.86. The number of nitro groups is 1. The molecule has 1 aliphatic heterocycles. The third-order valence-corrected chi connectivity index (χ3v) is 3.60. The molecule has 3 rings (SSSR count). The molecule has 1 aromatic heterocycles. The summed E-state index contributed by atoms with van der Waals surface area (Å²) in [6.07, 6.45) is 3.86. The van der Waals surface area contributed by atoms with Gasteiger partial charge in [-0.2, -0.15) is 0 Å². The molecule has 0 fully saturated rings. The van der Waals surface area contributed by atoms with Gasteiger partial charge in [-0.1, -0.05) is 0 Å². The van der Waals surface area contributed by atoms with Crippen LogP contribution in [0.15, 0.2) is 41.0 Å². The van der Waals surface area contributed by atoms with Gasteiger partial charge in [0, 0.05) is 6.08 Å². The Balaban J connectivity index is 1.55. The van der Waals surface area contributed by atoms with Gasteiger partial charge in [0.15, 0.2) is 11.5 Å². The molecular formula is C17H15N3O7. The van der Waals surface area contributed by atoms with Gasteiger partial charge in [0.25, 0.3) is 5.69 Å². The number of carbonyl (C=O) groups excluding carboxylic acids is 2. The van der Waals surface area contributed by atoms with Gasteiger partial charge in [-0.05, 0) is 24.3 Å². The summed E-state index contributed by atoms with van der Waals surface area (Å²) in [5.74, 6) is 0.247. The minimum absolute atomic E-state index is 0.0206. The molecule has 0 unspecified atom stereocenters. The highest BCUT2D eigenvalue weighted by atomic mass is 16.7. The minimum Gasteiger partial charge on any atom is -0.467 e. The average molecular weight is 373 g/mol. The Hall–Kier alpha value is -3.82. The molecular weight excluding hydrogens is 358 g/mol. The molecule has 0 atom stereocenters. The summed E-state index contributed by atoms with van der Waals surface area (Å²) in [6, 6.07) is 6.06. The van der Waals surface area contributed by atoms with Crippen LogP contribution in [0, 0.1) is 10.1 Å². The van der Waals surface area contributed by atoms with Crippen molar-refractivity contribution >= 4 is 23.6 Å². The SMILES string of the molecule is O=C(/C=C/c1cc2c(cc1[N+](=O)[O-])OCO2)NCC(=O)NCc1ccco1. The first-order chi connectivity index (χ1) is 13.0. The maximum Gasteiger partial charge on any atom is 0.280 e. The molecule has 0 spiro atoms. The molecule has 2 aromatic rings. The van der Waals surface area contributed by atoms with Crippen LogP contribution in [0.3, 0.4) is 0 Å². The molecule has 0 bridgehead atoms. The third-order valence-electron chi connectivity index (χ3n) is 3.60. The van der Waals surface area contributed by atoms with Crippen LogP contribution in [0.25, 0.3) is 6.08 Å². The summed E-state index contributed by atoms with van der Waals surface area (Å²) in [7, 11) is 0. The lowest BCUT2D eigenvalue weighted by atomic mass is 10.1. The molecule has 2 amide bonds. The van der Waals surface area contributed by atoms with E-state index >= 15 is 0 Å². The maximum absolute atomic E-state index is 11.8. The number of benzene rings is 1. The number of hydrogen-bond acceptors (Lipinski definition) is 7. The summed E-state index contributed by atoms with van der Waals surface area (Å²) >= 11 is 0. The number of amides is 2. The molecule has 0 aliphatic carbocycles. The van der Waals surface area contributed by atoms with E-state index in [4.69, 9.17) is 13.9 Å². The number of rotatable bonds is 7. The molecule has 1 aliphatic rings. The van der Waals surface area contributed by atoms with Gasteiger partial charge in [0.1, 0.15) is 5.76 Å². The summed E-state index contributed by atoms with van der Waals surface area (Å²) in [5, 5.41) is 16.1. The number of fused-ring (bicyclic) bond motifs is 1. The Morgan fingerprint density at radius 2 is 2.00 bits per heavy atom. The molecule has 27 heavy (non-hydrogen) atoms. The number of nitrogens with zero attached hydrogens (tertiary/aromatic N) is 1. The Morgan fingerprint density at radius 1 is 1.22 bits per heavy atom. The van der Waals surface area contributed by atoms with Crippen molar-refractivity contribution in [2.45, 2.75) is 6.54 Å². The fourth-order valence-corrected chi connectivity index (χ4v) is 2.29. The molecule has 10 heteroatoms. The smallest absolute Gasteiger partial charge is 0.280 e. The van der Waals surface area contributed by atoms with Crippen molar-refractivity contribution in [3.05, 3.63) is 58.0 Å². The van der Waals surface area contributed by atoms with Crippen molar-refractivity contribution in [2.75, 3.05) is 13.3 Å². The van der Waals surface area contributed by atoms with E-state index in [1.165, 1.54) is 24.5 Å². The lowest BCUT2D eigenvalue weighted by Gasteiger charge is -2.04. The Bertz CT molecular complexity index is 890. The topological polar surface area (TPSA) is 133 Å². The molecule has 1 aromatic carbocycles. The van der Waals surface area contributed by atoms with Gasteiger partial charge < -0.3 is 24.5 Å². The summed E-state index contributed by atoms with van der Waals surface area (Å²) in [5.41, 5.74) is -0.0406. The number of furan rings is 1. The second-order valence-corrected chi connectivity index (χ2v) is 5.43.